The molecule has 6 heteroatoms. The molecule has 1 amide bonds. The van der Waals surface area contributed by atoms with Crippen molar-refractivity contribution in [2.45, 2.75) is 19.9 Å². The van der Waals surface area contributed by atoms with E-state index < -0.39 is 0 Å². The number of aryl methyl sites for hydroxylation is 1. The van der Waals surface area contributed by atoms with Gasteiger partial charge in [0, 0.05) is 18.5 Å². The number of ether oxygens (including phenoxy) is 1. The quantitative estimate of drug-likeness (QED) is 0.854. The number of carbonyl (C=O) groups is 1. The monoisotopic (exact) mass is 305 g/mol. The van der Waals surface area contributed by atoms with E-state index in [1.54, 1.807) is 12.5 Å². The van der Waals surface area contributed by atoms with Crippen LogP contribution in [-0.2, 0) is 13.0 Å². The molecule has 2 rings (SSSR count). The summed E-state index contributed by atoms with van der Waals surface area (Å²) in [6, 6.07) is 6.02. The van der Waals surface area contributed by atoms with Crippen molar-refractivity contribution >= 4 is 17.2 Å². The van der Waals surface area contributed by atoms with Crippen LogP contribution in [0.5, 0.6) is 5.75 Å². The lowest BCUT2D eigenvalue weighted by Crippen LogP contribution is -2.26. The molecule has 0 aliphatic carbocycles. The third-order valence-electron chi connectivity index (χ3n) is 3.07. The average molecular weight is 305 g/mol. The SMILES string of the molecule is COc1ccc(C)cc1CCNC(=O)c1csc(CN)n1. The van der Waals surface area contributed by atoms with Crippen LogP contribution in [0.1, 0.15) is 26.6 Å². The Kier molecular flexibility index (Phi) is 5.30. The highest BCUT2D eigenvalue weighted by Gasteiger charge is 2.10. The van der Waals surface area contributed by atoms with Gasteiger partial charge in [-0.1, -0.05) is 17.7 Å². The van der Waals surface area contributed by atoms with Gasteiger partial charge in [0.15, 0.2) is 0 Å². The number of nitrogens with one attached hydrogen (secondary N) is 1. The van der Waals surface area contributed by atoms with Gasteiger partial charge in [0.2, 0.25) is 0 Å². The van der Waals surface area contributed by atoms with Crippen LogP contribution >= 0.6 is 11.3 Å². The number of hydrogen-bond donors (Lipinski definition) is 2. The Labute approximate surface area is 128 Å². The normalized spacial score (nSPS) is 10.4. The molecule has 0 aliphatic rings. The second-order valence-corrected chi connectivity index (χ2v) is 5.59. The van der Waals surface area contributed by atoms with Crippen LogP contribution in [0.2, 0.25) is 0 Å². The van der Waals surface area contributed by atoms with Gasteiger partial charge in [-0.3, -0.25) is 4.79 Å². The highest BCUT2D eigenvalue weighted by atomic mass is 32.1. The molecule has 3 N–H and O–H groups in total. The molecule has 112 valence electrons. The molecule has 5 nitrogen and oxygen atoms in total. The summed E-state index contributed by atoms with van der Waals surface area (Å²) in [5.74, 6) is 0.673. The van der Waals surface area contributed by atoms with Crippen LogP contribution in [0.15, 0.2) is 23.6 Å². The van der Waals surface area contributed by atoms with Gasteiger partial charge in [-0.15, -0.1) is 11.3 Å². The Bertz CT molecular complexity index is 625. The van der Waals surface area contributed by atoms with Crippen LogP contribution in [0.3, 0.4) is 0 Å². The van der Waals surface area contributed by atoms with Gasteiger partial charge in [-0.25, -0.2) is 4.98 Å². The fourth-order valence-electron chi connectivity index (χ4n) is 2.01. The maximum atomic E-state index is 11.9. The highest BCUT2D eigenvalue weighted by molar-refractivity contribution is 7.09. The van der Waals surface area contributed by atoms with Gasteiger partial charge < -0.3 is 15.8 Å². The molecule has 1 aromatic heterocycles. The van der Waals surface area contributed by atoms with Crippen molar-refractivity contribution in [1.82, 2.24) is 10.3 Å². The maximum Gasteiger partial charge on any atom is 0.270 e. The Morgan fingerprint density at radius 2 is 2.29 bits per heavy atom. The van der Waals surface area contributed by atoms with Crippen LogP contribution in [0, 0.1) is 6.92 Å². The lowest BCUT2D eigenvalue weighted by atomic mass is 10.1. The molecular formula is C15H19N3O2S. The lowest BCUT2D eigenvalue weighted by molar-refractivity contribution is 0.0949. The zero-order valence-corrected chi connectivity index (χ0v) is 13.0. The number of nitrogens with zero attached hydrogens (tertiary/aromatic N) is 1. The molecule has 0 spiro atoms. The lowest BCUT2D eigenvalue weighted by Gasteiger charge is -2.10. The number of nitrogens with two attached hydrogens (primary N) is 1. The smallest absolute Gasteiger partial charge is 0.270 e. The Hall–Kier alpha value is -1.92. The average Bonchev–Trinajstić information content (AvgIpc) is 2.96. The summed E-state index contributed by atoms with van der Waals surface area (Å²) in [6.07, 6.45) is 0.713. The van der Waals surface area contributed by atoms with Crippen molar-refractivity contribution in [1.29, 1.82) is 0 Å². The molecule has 0 aliphatic heterocycles. The van der Waals surface area contributed by atoms with Crippen molar-refractivity contribution < 1.29 is 9.53 Å². The first-order valence-corrected chi connectivity index (χ1v) is 7.58. The molecule has 21 heavy (non-hydrogen) atoms. The minimum atomic E-state index is -0.169. The zero-order chi connectivity index (χ0) is 15.2. The summed E-state index contributed by atoms with van der Waals surface area (Å²) in [4.78, 5) is 16.1. The molecule has 0 bridgehead atoms. The maximum absolute atomic E-state index is 11.9. The predicted octanol–water partition coefficient (Wildman–Crippen LogP) is 1.89. The fourth-order valence-corrected chi connectivity index (χ4v) is 2.67. The van der Waals surface area contributed by atoms with Crippen molar-refractivity contribution in [2.75, 3.05) is 13.7 Å². The first-order valence-electron chi connectivity index (χ1n) is 6.70. The van der Waals surface area contributed by atoms with Gasteiger partial charge in [0.25, 0.3) is 5.91 Å². The van der Waals surface area contributed by atoms with Crippen LogP contribution < -0.4 is 15.8 Å². The molecule has 2 aromatic rings. The number of hydrogen-bond acceptors (Lipinski definition) is 5. The van der Waals surface area contributed by atoms with E-state index in [4.69, 9.17) is 10.5 Å². The Morgan fingerprint density at radius 3 is 2.95 bits per heavy atom. The number of carbonyl (C=O) groups excluding carboxylic acids is 1. The van der Waals surface area contributed by atoms with Gasteiger partial charge in [0.05, 0.1) is 7.11 Å². The van der Waals surface area contributed by atoms with Gasteiger partial charge >= 0.3 is 0 Å². The second-order valence-electron chi connectivity index (χ2n) is 4.65. The summed E-state index contributed by atoms with van der Waals surface area (Å²) in [7, 11) is 1.65. The number of amides is 1. The molecule has 0 saturated heterocycles. The Balaban J connectivity index is 1.92. The topological polar surface area (TPSA) is 77.2 Å². The van der Waals surface area contributed by atoms with E-state index in [1.807, 2.05) is 19.1 Å². The Morgan fingerprint density at radius 1 is 1.48 bits per heavy atom. The van der Waals surface area contributed by atoms with E-state index in [0.717, 1.165) is 16.3 Å². The molecule has 1 heterocycles. The minimum Gasteiger partial charge on any atom is -0.496 e. The summed E-state index contributed by atoms with van der Waals surface area (Å²) in [5.41, 5.74) is 8.17. The van der Waals surface area contributed by atoms with E-state index in [9.17, 15) is 4.79 Å². The van der Waals surface area contributed by atoms with Crippen LogP contribution in [0.4, 0.5) is 0 Å². The number of benzene rings is 1. The van der Waals surface area contributed by atoms with Gasteiger partial charge in [0.1, 0.15) is 16.5 Å². The first kappa shape index (κ1) is 15.5. The van der Waals surface area contributed by atoms with Crippen molar-refractivity contribution in [2.24, 2.45) is 5.73 Å². The van der Waals surface area contributed by atoms with E-state index >= 15 is 0 Å². The van der Waals surface area contributed by atoms with E-state index in [-0.39, 0.29) is 5.91 Å². The third kappa shape index (κ3) is 4.03. The highest BCUT2D eigenvalue weighted by Crippen LogP contribution is 2.19. The van der Waals surface area contributed by atoms with Crippen LogP contribution in [-0.4, -0.2) is 24.5 Å². The van der Waals surface area contributed by atoms with Gasteiger partial charge in [-0.05, 0) is 25.0 Å². The third-order valence-corrected chi connectivity index (χ3v) is 3.95. The minimum absolute atomic E-state index is 0.169. The number of thiazole rings is 1. The first-order chi connectivity index (χ1) is 10.1. The standard InChI is InChI=1S/C15H19N3O2S/c1-10-3-4-13(20-2)11(7-10)5-6-17-15(19)12-9-21-14(8-16)18-12/h3-4,7,9H,5-6,8,16H2,1-2H3,(H,17,19). The van der Waals surface area contributed by atoms with Crippen molar-refractivity contribution in [3.63, 3.8) is 0 Å². The molecule has 1 aromatic carbocycles. The molecule has 0 radical (unpaired) electrons. The molecule has 0 saturated carbocycles. The summed E-state index contributed by atoms with van der Waals surface area (Å²) < 4.78 is 5.32. The van der Waals surface area contributed by atoms with Crippen molar-refractivity contribution in [3.8, 4) is 5.75 Å². The molecule has 0 unspecified atom stereocenters. The summed E-state index contributed by atoms with van der Waals surface area (Å²) in [6.45, 7) is 2.93. The molecule has 0 fully saturated rings. The van der Waals surface area contributed by atoms with E-state index in [1.165, 1.54) is 16.9 Å². The largest absolute Gasteiger partial charge is 0.496 e. The number of aromatic nitrogens is 1. The summed E-state index contributed by atoms with van der Waals surface area (Å²) in [5, 5.41) is 5.36. The van der Waals surface area contributed by atoms with E-state index in [0.29, 0.717) is 25.2 Å². The summed E-state index contributed by atoms with van der Waals surface area (Å²) >= 11 is 1.40. The zero-order valence-electron chi connectivity index (χ0n) is 12.2. The number of methoxy groups -OCH3 is 1. The second kappa shape index (κ2) is 7.19. The van der Waals surface area contributed by atoms with Gasteiger partial charge in [-0.2, -0.15) is 0 Å². The fraction of sp³-hybridized carbons (Fsp3) is 0.333. The van der Waals surface area contributed by atoms with Crippen molar-refractivity contribution in [3.05, 3.63) is 45.4 Å². The molecular weight excluding hydrogens is 286 g/mol. The van der Waals surface area contributed by atoms with E-state index in [2.05, 4.69) is 16.4 Å². The number of rotatable bonds is 6. The molecule has 0 atom stereocenters. The van der Waals surface area contributed by atoms with Crippen LogP contribution in [0.25, 0.3) is 0 Å². The predicted molar refractivity (Wildman–Crippen MR) is 83.8 cm³/mol.